The zero-order valence-corrected chi connectivity index (χ0v) is 14.8. The van der Waals surface area contributed by atoms with E-state index >= 15 is 0 Å². The second kappa shape index (κ2) is 7.34. The van der Waals surface area contributed by atoms with Gasteiger partial charge in [0.1, 0.15) is 0 Å². The largest absolute Gasteiger partial charge is 0.335 e. The SMILES string of the molecule is CCN(C(=O)N[C@@H]1C[C@@H]1c1ccccc1)[C@@H](C)CS(=O)(=O)CC. The number of amides is 2. The number of hydrogen-bond donors (Lipinski definition) is 1. The van der Waals surface area contributed by atoms with Gasteiger partial charge in [-0.2, -0.15) is 0 Å². The molecule has 0 spiro atoms. The number of hydrogen-bond acceptors (Lipinski definition) is 3. The molecule has 1 aromatic rings. The topological polar surface area (TPSA) is 66.5 Å². The second-order valence-electron chi connectivity index (χ2n) is 6.14. The fourth-order valence-corrected chi connectivity index (χ4v) is 4.05. The fourth-order valence-electron chi connectivity index (χ4n) is 2.90. The molecule has 5 nitrogen and oxygen atoms in total. The van der Waals surface area contributed by atoms with Gasteiger partial charge in [-0.25, -0.2) is 13.2 Å². The maximum Gasteiger partial charge on any atom is 0.317 e. The highest BCUT2D eigenvalue weighted by Gasteiger charge is 2.40. The molecule has 1 N–H and O–H groups in total. The lowest BCUT2D eigenvalue weighted by Gasteiger charge is -2.28. The van der Waals surface area contributed by atoms with Crippen LogP contribution in [0.1, 0.15) is 38.7 Å². The first-order valence-corrected chi connectivity index (χ1v) is 10.0. The third-order valence-corrected chi connectivity index (χ3v) is 6.27. The van der Waals surface area contributed by atoms with Crippen molar-refractivity contribution in [3.8, 4) is 0 Å². The van der Waals surface area contributed by atoms with Crippen molar-refractivity contribution in [2.24, 2.45) is 0 Å². The molecule has 1 fully saturated rings. The van der Waals surface area contributed by atoms with Crippen molar-refractivity contribution < 1.29 is 13.2 Å². The molecule has 0 saturated heterocycles. The number of rotatable bonds is 7. The highest BCUT2D eigenvalue weighted by atomic mass is 32.2. The first-order valence-electron chi connectivity index (χ1n) is 8.20. The maximum atomic E-state index is 12.4. The lowest BCUT2D eigenvalue weighted by Crippen LogP contribution is -2.48. The molecule has 2 rings (SSSR count). The minimum Gasteiger partial charge on any atom is -0.335 e. The van der Waals surface area contributed by atoms with Crippen LogP contribution in [0.25, 0.3) is 0 Å². The number of carbonyl (C=O) groups is 1. The zero-order chi connectivity index (χ0) is 17.0. The van der Waals surface area contributed by atoms with Gasteiger partial charge in [0, 0.05) is 30.3 Å². The number of sulfone groups is 1. The Labute approximate surface area is 139 Å². The zero-order valence-electron chi connectivity index (χ0n) is 14.0. The number of nitrogens with one attached hydrogen (secondary N) is 1. The molecule has 0 aromatic heterocycles. The maximum absolute atomic E-state index is 12.4. The van der Waals surface area contributed by atoms with Gasteiger partial charge in [-0.15, -0.1) is 0 Å². The van der Waals surface area contributed by atoms with Crippen LogP contribution in [0, 0.1) is 0 Å². The molecule has 1 aliphatic rings. The van der Waals surface area contributed by atoms with E-state index in [0.717, 1.165) is 6.42 Å². The van der Waals surface area contributed by atoms with Gasteiger partial charge in [-0.1, -0.05) is 37.3 Å². The first-order chi connectivity index (χ1) is 10.9. The molecule has 0 bridgehead atoms. The van der Waals surface area contributed by atoms with Crippen molar-refractivity contribution in [1.82, 2.24) is 10.2 Å². The molecule has 23 heavy (non-hydrogen) atoms. The molecule has 0 unspecified atom stereocenters. The molecule has 1 aliphatic carbocycles. The Balaban J connectivity index is 1.91. The first kappa shape index (κ1) is 17.8. The van der Waals surface area contributed by atoms with Crippen LogP contribution in [0.15, 0.2) is 30.3 Å². The average Bonchev–Trinajstić information content (AvgIpc) is 3.27. The molecular weight excluding hydrogens is 312 g/mol. The van der Waals surface area contributed by atoms with Gasteiger partial charge >= 0.3 is 6.03 Å². The quantitative estimate of drug-likeness (QED) is 0.830. The third kappa shape index (κ3) is 4.70. The molecule has 0 radical (unpaired) electrons. The standard InChI is InChI=1S/C17H26N2O3S/c1-4-19(13(3)12-23(21,22)5-2)17(20)18-16-11-15(16)14-9-7-6-8-10-14/h6-10,13,15-16H,4-5,11-12H2,1-3H3,(H,18,20)/t13-,15+,16+/m0/s1. The van der Waals surface area contributed by atoms with E-state index in [-0.39, 0.29) is 29.6 Å². The van der Waals surface area contributed by atoms with Crippen LogP contribution in [0.2, 0.25) is 0 Å². The highest BCUT2D eigenvalue weighted by Crippen LogP contribution is 2.40. The van der Waals surface area contributed by atoms with Crippen molar-refractivity contribution in [1.29, 1.82) is 0 Å². The molecule has 1 saturated carbocycles. The number of benzene rings is 1. The van der Waals surface area contributed by atoms with Crippen molar-refractivity contribution in [2.45, 2.75) is 45.2 Å². The van der Waals surface area contributed by atoms with Gasteiger partial charge in [0.2, 0.25) is 0 Å². The molecule has 0 aliphatic heterocycles. The molecular formula is C17H26N2O3S. The molecule has 3 atom stereocenters. The molecule has 6 heteroatoms. The summed E-state index contributed by atoms with van der Waals surface area (Å²) < 4.78 is 23.5. The van der Waals surface area contributed by atoms with Crippen LogP contribution in [-0.2, 0) is 9.84 Å². The Morgan fingerprint density at radius 2 is 1.96 bits per heavy atom. The van der Waals surface area contributed by atoms with Gasteiger partial charge in [-0.3, -0.25) is 0 Å². The van der Waals surface area contributed by atoms with Gasteiger partial charge in [0.15, 0.2) is 9.84 Å². The van der Waals surface area contributed by atoms with Crippen LogP contribution < -0.4 is 5.32 Å². The van der Waals surface area contributed by atoms with Crippen molar-refractivity contribution >= 4 is 15.9 Å². The number of urea groups is 1. The van der Waals surface area contributed by atoms with Gasteiger partial charge < -0.3 is 10.2 Å². The van der Waals surface area contributed by atoms with Gasteiger partial charge in [0.05, 0.1) is 5.75 Å². The van der Waals surface area contributed by atoms with Crippen LogP contribution in [0.5, 0.6) is 0 Å². The molecule has 128 valence electrons. The van der Waals surface area contributed by atoms with Crippen molar-refractivity contribution in [2.75, 3.05) is 18.1 Å². The van der Waals surface area contributed by atoms with Crippen LogP contribution in [-0.4, -0.2) is 49.5 Å². The normalized spacial score (nSPS) is 21.5. The molecule has 0 heterocycles. The predicted octanol–water partition coefficient (Wildman–Crippen LogP) is 2.40. The van der Waals surface area contributed by atoms with E-state index in [2.05, 4.69) is 17.4 Å². The Bertz CT molecular complexity index is 630. The van der Waals surface area contributed by atoms with E-state index < -0.39 is 9.84 Å². The summed E-state index contributed by atoms with van der Waals surface area (Å²) in [4.78, 5) is 14.0. The predicted molar refractivity (Wildman–Crippen MR) is 92.3 cm³/mol. The Kier molecular flexibility index (Phi) is 5.68. The summed E-state index contributed by atoms with van der Waals surface area (Å²) in [5.74, 6) is 0.487. The Morgan fingerprint density at radius 1 is 1.30 bits per heavy atom. The number of carbonyl (C=O) groups excluding carboxylic acids is 1. The van der Waals surface area contributed by atoms with E-state index in [1.165, 1.54) is 5.56 Å². The van der Waals surface area contributed by atoms with Crippen molar-refractivity contribution in [3.63, 3.8) is 0 Å². The number of nitrogens with zero attached hydrogens (tertiary/aromatic N) is 1. The van der Waals surface area contributed by atoms with Gasteiger partial charge in [-0.05, 0) is 25.8 Å². The Morgan fingerprint density at radius 3 is 2.52 bits per heavy atom. The summed E-state index contributed by atoms with van der Waals surface area (Å²) in [6, 6.07) is 9.79. The average molecular weight is 338 g/mol. The lowest BCUT2D eigenvalue weighted by molar-refractivity contribution is 0.187. The van der Waals surface area contributed by atoms with Crippen LogP contribution in [0.4, 0.5) is 4.79 Å². The lowest BCUT2D eigenvalue weighted by atomic mass is 10.1. The summed E-state index contributed by atoms with van der Waals surface area (Å²) in [7, 11) is -3.10. The fraction of sp³-hybridized carbons (Fsp3) is 0.588. The summed E-state index contributed by atoms with van der Waals surface area (Å²) >= 11 is 0. The second-order valence-corrected chi connectivity index (χ2v) is 8.54. The third-order valence-electron chi connectivity index (χ3n) is 4.40. The van der Waals surface area contributed by atoms with Gasteiger partial charge in [0.25, 0.3) is 0 Å². The highest BCUT2D eigenvalue weighted by molar-refractivity contribution is 7.91. The van der Waals surface area contributed by atoms with Crippen LogP contribution >= 0.6 is 0 Å². The van der Waals surface area contributed by atoms with Crippen LogP contribution in [0.3, 0.4) is 0 Å². The van der Waals surface area contributed by atoms with Crippen molar-refractivity contribution in [3.05, 3.63) is 35.9 Å². The molecule has 1 aromatic carbocycles. The van der Waals surface area contributed by atoms with E-state index in [0.29, 0.717) is 12.5 Å². The monoisotopic (exact) mass is 338 g/mol. The van der Waals surface area contributed by atoms with E-state index in [1.807, 2.05) is 25.1 Å². The van der Waals surface area contributed by atoms with E-state index in [1.54, 1.807) is 18.7 Å². The minimum absolute atomic E-state index is 0.0114. The molecule has 2 amide bonds. The van der Waals surface area contributed by atoms with E-state index in [9.17, 15) is 13.2 Å². The smallest absolute Gasteiger partial charge is 0.317 e. The summed E-state index contributed by atoms with van der Waals surface area (Å²) in [6.07, 6.45) is 0.939. The minimum atomic E-state index is -3.10. The van der Waals surface area contributed by atoms with E-state index in [4.69, 9.17) is 0 Å². The summed E-state index contributed by atoms with van der Waals surface area (Å²) in [5.41, 5.74) is 1.24. The summed E-state index contributed by atoms with van der Waals surface area (Å²) in [6.45, 7) is 5.79. The summed E-state index contributed by atoms with van der Waals surface area (Å²) in [5, 5.41) is 3.03. The Hall–Kier alpha value is -1.56.